The van der Waals surface area contributed by atoms with Crippen molar-refractivity contribution in [3.05, 3.63) is 23.4 Å². The highest BCUT2D eigenvalue weighted by Crippen LogP contribution is 2.38. The topological polar surface area (TPSA) is 58.6 Å². The smallest absolute Gasteiger partial charge is 0.335 e. The highest BCUT2D eigenvalue weighted by Gasteiger charge is 2.36. The first kappa shape index (κ1) is 10.2. The van der Waals surface area contributed by atoms with Gasteiger partial charge in [0.15, 0.2) is 0 Å². The van der Waals surface area contributed by atoms with Crippen LogP contribution in [-0.4, -0.2) is 31.3 Å². The Morgan fingerprint density at radius 3 is 3.13 bits per heavy atom. The normalized spacial score (nSPS) is 28.7. The summed E-state index contributed by atoms with van der Waals surface area (Å²) in [5.41, 5.74) is 1.72. The summed E-state index contributed by atoms with van der Waals surface area (Å²) in [6.45, 7) is 0.870. The van der Waals surface area contributed by atoms with Gasteiger partial charge in [0.2, 0.25) is 0 Å². The van der Waals surface area contributed by atoms with E-state index in [1.54, 1.807) is 6.20 Å². The van der Waals surface area contributed by atoms with Crippen LogP contribution in [0.5, 0.6) is 0 Å². The average Bonchev–Trinajstić information content (AvgIpc) is 2.70. The average molecular weight is 209 g/mol. The minimum Gasteiger partial charge on any atom is -0.466 e. The lowest BCUT2D eigenvalue weighted by molar-refractivity contribution is -0.137. The third-order valence-corrected chi connectivity index (χ3v) is 3.19. The molecule has 2 aliphatic rings. The number of carbonyl (C=O) groups excluding carboxylic acids is 1. The van der Waals surface area contributed by atoms with Crippen molar-refractivity contribution >= 4 is 5.97 Å². The molecule has 1 aliphatic carbocycles. The number of esters is 1. The Morgan fingerprint density at radius 2 is 2.47 bits per heavy atom. The van der Waals surface area contributed by atoms with Crippen LogP contribution in [0.4, 0.5) is 0 Å². The molecule has 0 bridgehead atoms. The van der Waals surface area contributed by atoms with Gasteiger partial charge in [0.1, 0.15) is 0 Å². The molecule has 0 radical (unpaired) electrons. The predicted molar refractivity (Wildman–Crippen MR) is 54.9 cm³/mol. The molecule has 0 amide bonds. The van der Waals surface area contributed by atoms with Crippen LogP contribution in [-0.2, 0) is 9.53 Å². The van der Waals surface area contributed by atoms with Gasteiger partial charge in [-0.2, -0.15) is 0 Å². The molecule has 1 heterocycles. The maximum atomic E-state index is 11.5. The number of allylic oxidation sites excluding steroid dienone is 1. The van der Waals surface area contributed by atoms with Crippen molar-refractivity contribution in [3.8, 4) is 0 Å². The molecule has 4 nitrogen and oxygen atoms in total. The number of hydrogen-bond donors (Lipinski definition) is 2. The maximum absolute atomic E-state index is 11.5. The molecule has 0 aromatic carbocycles. The van der Waals surface area contributed by atoms with Crippen LogP contribution in [0.2, 0.25) is 0 Å². The summed E-state index contributed by atoms with van der Waals surface area (Å²) < 4.78 is 4.73. The number of rotatable bonds is 2. The zero-order chi connectivity index (χ0) is 10.8. The molecule has 2 atom stereocenters. The number of hydrogen-bond acceptors (Lipinski definition) is 4. The Balaban J connectivity index is 2.18. The van der Waals surface area contributed by atoms with Gasteiger partial charge in [-0.15, -0.1) is 0 Å². The van der Waals surface area contributed by atoms with Crippen molar-refractivity contribution in [1.29, 1.82) is 0 Å². The van der Waals surface area contributed by atoms with Gasteiger partial charge in [-0.1, -0.05) is 6.08 Å². The second-order valence-corrected chi connectivity index (χ2v) is 3.89. The summed E-state index contributed by atoms with van der Waals surface area (Å²) in [7, 11) is 1.39. The number of fused-ring (bicyclic) bond motifs is 1. The van der Waals surface area contributed by atoms with E-state index in [0.717, 1.165) is 18.5 Å². The summed E-state index contributed by atoms with van der Waals surface area (Å²) in [6.07, 6.45) is 4.59. The molecule has 15 heavy (non-hydrogen) atoms. The fraction of sp³-hybridized carbons (Fsp3) is 0.545. The van der Waals surface area contributed by atoms with Crippen molar-refractivity contribution < 1.29 is 14.6 Å². The lowest BCUT2D eigenvalue weighted by Crippen LogP contribution is -2.34. The Hall–Kier alpha value is -1.29. The van der Waals surface area contributed by atoms with Crippen molar-refractivity contribution in [1.82, 2.24) is 5.32 Å². The molecule has 0 fully saturated rings. The number of nitrogens with one attached hydrogen (secondary N) is 1. The van der Waals surface area contributed by atoms with E-state index < -0.39 is 0 Å². The standard InChI is InChI=1S/C11H15NO3/c1-15-11(14)10-5-12-4-9-7(6-13)2-3-8(9)10/h2,5,8-9,12-13H,3-4,6H2,1H3/t8-,9-/m0/s1. The molecule has 0 saturated heterocycles. The van der Waals surface area contributed by atoms with E-state index in [1.165, 1.54) is 7.11 Å². The Morgan fingerprint density at radius 1 is 1.67 bits per heavy atom. The summed E-state index contributed by atoms with van der Waals surface area (Å²) >= 11 is 0. The van der Waals surface area contributed by atoms with Crippen molar-refractivity contribution in [3.63, 3.8) is 0 Å². The van der Waals surface area contributed by atoms with Crippen LogP contribution < -0.4 is 5.32 Å². The SMILES string of the molecule is COC(=O)C1=CNC[C@H]2C(CO)=CC[C@H]12. The summed E-state index contributed by atoms with van der Waals surface area (Å²) in [6, 6.07) is 0. The number of aliphatic hydroxyl groups is 1. The third kappa shape index (κ3) is 1.65. The predicted octanol–water partition coefficient (Wildman–Crippen LogP) is 0.201. The number of methoxy groups -OCH3 is 1. The molecule has 2 N–H and O–H groups in total. The van der Waals surface area contributed by atoms with Crippen molar-refractivity contribution in [2.75, 3.05) is 20.3 Å². The second-order valence-electron chi connectivity index (χ2n) is 3.89. The van der Waals surface area contributed by atoms with Gasteiger partial charge in [0.25, 0.3) is 0 Å². The van der Waals surface area contributed by atoms with E-state index in [0.29, 0.717) is 5.57 Å². The summed E-state index contributed by atoms with van der Waals surface area (Å²) in [4.78, 5) is 11.5. The quantitative estimate of drug-likeness (QED) is 0.504. The van der Waals surface area contributed by atoms with Crippen LogP contribution >= 0.6 is 0 Å². The molecule has 0 aromatic heterocycles. The minimum atomic E-state index is -0.273. The molecule has 82 valence electrons. The highest BCUT2D eigenvalue weighted by atomic mass is 16.5. The first-order valence-corrected chi connectivity index (χ1v) is 5.09. The molecule has 0 unspecified atom stereocenters. The van der Waals surface area contributed by atoms with Crippen LogP contribution in [0.25, 0.3) is 0 Å². The van der Waals surface area contributed by atoms with Gasteiger partial charge >= 0.3 is 5.97 Å². The third-order valence-electron chi connectivity index (χ3n) is 3.19. The molecule has 1 aliphatic heterocycles. The molecule has 2 rings (SSSR count). The van der Waals surface area contributed by atoms with Gasteiger partial charge < -0.3 is 15.2 Å². The van der Waals surface area contributed by atoms with E-state index in [-0.39, 0.29) is 24.4 Å². The van der Waals surface area contributed by atoms with Crippen LogP contribution in [0.1, 0.15) is 6.42 Å². The maximum Gasteiger partial charge on any atom is 0.335 e. The van der Waals surface area contributed by atoms with Crippen LogP contribution in [0.3, 0.4) is 0 Å². The van der Waals surface area contributed by atoms with Gasteiger partial charge in [-0.05, 0) is 12.0 Å². The second kappa shape index (κ2) is 4.06. The molecule has 0 aromatic rings. The zero-order valence-electron chi connectivity index (χ0n) is 8.69. The van der Waals surface area contributed by atoms with Gasteiger partial charge in [0.05, 0.1) is 19.3 Å². The lowest BCUT2D eigenvalue weighted by atomic mass is 9.83. The fourth-order valence-electron chi connectivity index (χ4n) is 2.38. The van der Waals surface area contributed by atoms with Gasteiger partial charge in [0, 0.05) is 24.6 Å². The zero-order valence-corrected chi connectivity index (χ0v) is 8.69. The number of carbonyl (C=O) groups is 1. The van der Waals surface area contributed by atoms with Crippen molar-refractivity contribution in [2.45, 2.75) is 6.42 Å². The van der Waals surface area contributed by atoms with E-state index in [2.05, 4.69) is 5.32 Å². The van der Waals surface area contributed by atoms with Crippen LogP contribution in [0, 0.1) is 11.8 Å². The van der Waals surface area contributed by atoms with E-state index in [4.69, 9.17) is 9.84 Å². The van der Waals surface area contributed by atoms with E-state index in [9.17, 15) is 4.79 Å². The molecule has 0 spiro atoms. The first-order chi connectivity index (χ1) is 7.27. The monoisotopic (exact) mass is 209 g/mol. The summed E-state index contributed by atoms with van der Waals surface area (Å²) in [5, 5.41) is 12.2. The van der Waals surface area contributed by atoms with Crippen LogP contribution in [0.15, 0.2) is 23.4 Å². The highest BCUT2D eigenvalue weighted by molar-refractivity contribution is 5.89. The number of aliphatic hydroxyl groups excluding tert-OH is 1. The van der Waals surface area contributed by atoms with Crippen molar-refractivity contribution in [2.24, 2.45) is 11.8 Å². The van der Waals surface area contributed by atoms with E-state index >= 15 is 0 Å². The Kier molecular flexibility index (Phi) is 2.77. The Bertz CT molecular complexity index is 333. The summed E-state index contributed by atoms with van der Waals surface area (Å²) in [5.74, 6) is 0.153. The first-order valence-electron chi connectivity index (χ1n) is 5.09. The van der Waals surface area contributed by atoms with Gasteiger partial charge in [-0.3, -0.25) is 0 Å². The minimum absolute atomic E-state index is 0.0807. The Labute approximate surface area is 88.6 Å². The molecule has 4 heteroatoms. The molecule has 0 saturated carbocycles. The van der Waals surface area contributed by atoms with E-state index in [1.807, 2.05) is 6.08 Å². The fourth-order valence-corrected chi connectivity index (χ4v) is 2.38. The largest absolute Gasteiger partial charge is 0.466 e. The number of ether oxygens (including phenoxy) is 1. The molecular formula is C11H15NO3. The lowest BCUT2D eigenvalue weighted by Gasteiger charge is -2.28. The van der Waals surface area contributed by atoms with Gasteiger partial charge in [-0.25, -0.2) is 4.79 Å². The molecular weight excluding hydrogens is 194 g/mol.